The number of rotatable bonds is 5. The average Bonchev–Trinajstić information content (AvgIpc) is 2.90. The Morgan fingerprint density at radius 2 is 2.25 bits per heavy atom. The second-order valence-corrected chi connectivity index (χ2v) is 7.18. The molecule has 20 heavy (non-hydrogen) atoms. The van der Waals surface area contributed by atoms with Crippen molar-refractivity contribution < 1.29 is 23.1 Å². The van der Waals surface area contributed by atoms with Crippen molar-refractivity contribution in [1.29, 1.82) is 0 Å². The van der Waals surface area contributed by atoms with Crippen LogP contribution in [-0.2, 0) is 10.0 Å². The van der Waals surface area contributed by atoms with E-state index in [4.69, 9.17) is 9.84 Å². The molecule has 1 aliphatic heterocycles. The molecule has 6 nitrogen and oxygen atoms in total. The largest absolute Gasteiger partial charge is 0.495 e. The second-order valence-electron chi connectivity index (χ2n) is 4.35. The summed E-state index contributed by atoms with van der Waals surface area (Å²) in [6, 6.07) is 3.65. The Morgan fingerprint density at radius 3 is 2.80 bits per heavy atom. The molecule has 1 aromatic carbocycles. The highest BCUT2D eigenvalue weighted by Crippen LogP contribution is 2.26. The van der Waals surface area contributed by atoms with Gasteiger partial charge in [-0.2, -0.15) is 11.8 Å². The maximum absolute atomic E-state index is 12.3. The molecule has 0 spiro atoms. The quantitative estimate of drug-likeness (QED) is 0.847. The van der Waals surface area contributed by atoms with Crippen molar-refractivity contribution in [3.63, 3.8) is 0 Å². The lowest BCUT2D eigenvalue weighted by Crippen LogP contribution is -2.34. The first-order valence-electron chi connectivity index (χ1n) is 5.95. The zero-order valence-corrected chi connectivity index (χ0v) is 12.5. The van der Waals surface area contributed by atoms with Gasteiger partial charge in [0.05, 0.1) is 12.7 Å². The topological polar surface area (TPSA) is 92.7 Å². The van der Waals surface area contributed by atoms with Crippen molar-refractivity contribution in [2.45, 2.75) is 17.4 Å². The van der Waals surface area contributed by atoms with Crippen LogP contribution in [0.25, 0.3) is 0 Å². The van der Waals surface area contributed by atoms with Gasteiger partial charge in [0, 0.05) is 11.8 Å². The highest BCUT2D eigenvalue weighted by Gasteiger charge is 2.26. The predicted octanol–water partition coefficient (Wildman–Crippen LogP) is 1.18. The molecule has 1 unspecified atom stereocenters. The number of carboxylic acids is 1. The third-order valence-corrected chi connectivity index (χ3v) is 5.66. The molecular weight excluding hydrogens is 302 g/mol. The number of methoxy groups -OCH3 is 1. The van der Waals surface area contributed by atoms with Gasteiger partial charge < -0.3 is 9.84 Å². The maximum atomic E-state index is 12.3. The van der Waals surface area contributed by atoms with Crippen LogP contribution in [0.2, 0.25) is 0 Å². The summed E-state index contributed by atoms with van der Waals surface area (Å²) in [6.07, 6.45) is 0.769. The minimum atomic E-state index is -3.79. The minimum Gasteiger partial charge on any atom is -0.495 e. The molecule has 1 fully saturated rings. The van der Waals surface area contributed by atoms with E-state index in [1.807, 2.05) is 0 Å². The summed E-state index contributed by atoms with van der Waals surface area (Å²) in [6.45, 7) is 0. The molecular formula is C12H15NO5S2. The van der Waals surface area contributed by atoms with E-state index in [-0.39, 0.29) is 22.3 Å². The Hall–Kier alpha value is -1.25. The number of benzene rings is 1. The van der Waals surface area contributed by atoms with E-state index < -0.39 is 16.0 Å². The summed E-state index contributed by atoms with van der Waals surface area (Å²) in [5.74, 6) is 0.591. The smallest absolute Gasteiger partial charge is 0.335 e. The first-order chi connectivity index (χ1) is 9.44. The first-order valence-corrected chi connectivity index (χ1v) is 8.59. The fourth-order valence-electron chi connectivity index (χ4n) is 1.93. The zero-order chi connectivity index (χ0) is 14.8. The van der Waals surface area contributed by atoms with Gasteiger partial charge in [-0.3, -0.25) is 0 Å². The fourth-order valence-corrected chi connectivity index (χ4v) is 4.65. The Labute approximate surface area is 121 Å². The molecule has 110 valence electrons. The molecule has 1 aliphatic rings. The summed E-state index contributed by atoms with van der Waals surface area (Å²) in [5, 5.41) is 8.96. The molecule has 8 heteroatoms. The summed E-state index contributed by atoms with van der Waals surface area (Å²) < 4.78 is 32.3. The van der Waals surface area contributed by atoms with Gasteiger partial charge in [-0.25, -0.2) is 17.9 Å². The van der Waals surface area contributed by atoms with E-state index >= 15 is 0 Å². The van der Waals surface area contributed by atoms with Gasteiger partial charge in [-0.15, -0.1) is 0 Å². The summed E-state index contributed by atoms with van der Waals surface area (Å²) >= 11 is 1.68. The van der Waals surface area contributed by atoms with Crippen LogP contribution >= 0.6 is 11.8 Å². The Bertz CT molecular complexity index is 608. The van der Waals surface area contributed by atoms with Gasteiger partial charge in [0.15, 0.2) is 0 Å². The molecule has 0 aromatic heterocycles. The SMILES string of the molecule is COc1ccc(C(=O)O)cc1S(=O)(=O)NC1CCSC1. The zero-order valence-electron chi connectivity index (χ0n) is 10.8. The molecule has 0 aliphatic carbocycles. The third-order valence-electron chi connectivity index (χ3n) is 2.95. The van der Waals surface area contributed by atoms with Crippen LogP contribution < -0.4 is 9.46 Å². The lowest BCUT2D eigenvalue weighted by Gasteiger charge is -2.14. The number of ether oxygens (including phenoxy) is 1. The summed E-state index contributed by atoms with van der Waals surface area (Å²) in [5.41, 5.74) is -0.0908. The fraction of sp³-hybridized carbons (Fsp3) is 0.417. The number of nitrogens with one attached hydrogen (secondary N) is 1. The number of hydrogen-bond acceptors (Lipinski definition) is 5. The van der Waals surface area contributed by atoms with Crippen LogP contribution in [0, 0.1) is 0 Å². The van der Waals surface area contributed by atoms with Crippen LogP contribution in [0.1, 0.15) is 16.8 Å². The molecule has 2 N–H and O–H groups in total. The summed E-state index contributed by atoms with van der Waals surface area (Å²) in [7, 11) is -2.45. The van der Waals surface area contributed by atoms with Gasteiger partial charge in [0.1, 0.15) is 10.6 Å². The molecule has 1 atom stereocenters. The van der Waals surface area contributed by atoms with E-state index in [0.717, 1.165) is 24.0 Å². The van der Waals surface area contributed by atoms with Gasteiger partial charge in [-0.05, 0) is 30.4 Å². The van der Waals surface area contributed by atoms with Crippen molar-refractivity contribution in [2.24, 2.45) is 0 Å². The molecule has 1 saturated heterocycles. The van der Waals surface area contributed by atoms with Crippen LogP contribution in [0.3, 0.4) is 0 Å². The lowest BCUT2D eigenvalue weighted by atomic mass is 10.2. The molecule has 1 aromatic rings. The van der Waals surface area contributed by atoms with E-state index in [1.165, 1.54) is 19.2 Å². The van der Waals surface area contributed by atoms with Gasteiger partial charge in [0.2, 0.25) is 10.0 Å². The monoisotopic (exact) mass is 317 g/mol. The Kier molecular flexibility index (Phi) is 4.56. The van der Waals surface area contributed by atoms with E-state index in [2.05, 4.69) is 4.72 Å². The predicted molar refractivity (Wildman–Crippen MR) is 76.0 cm³/mol. The first kappa shape index (κ1) is 15.1. The highest BCUT2D eigenvalue weighted by atomic mass is 32.2. The van der Waals surface area contributed by atoms with Gasteiger partial charge in [-0.1, -0.05) is 0 Å². The summed E-state index contributed by atoms with van der Waals surface area (Å²) in [4.78, 5) is 10.8. The number of thioether (sulfide) groups is 1. The Morgan fingerprint density at radius 1 is 1.50 bits per heavy atom. The van der Waals surface area contributed by atoms with Crippen LogP contribution in [-0.4, -0.2) is 44.2 Å². The molecule has 0 bridgehead atoms. The van der Waals surface area contributed by atoms with Crippen LogP contribution in [0.5, 0.6) is 5.75 Å². The standard InChI is InChI=1S/C12H15NO5S2/c1-18-10-3-2-8(12(14)15)6-11(10)20(16,17)13-9-4-5-19-7-9/h2-3,6,9,13H,4-5,7H2,1H3,(H,14,15). The van der Waals surface area contributed by atoms with Crippen molar-refractivity contribution >= 4 is 27.8 Å². The number of carboxylic acid groups (broad SMARTS) is 1. The number of sulfonamides is 1. The van der Waals surface area contributed by atoms with Gasteiger partial charge >= 0.3 is 5.97 Å². The molecule has 1 heterocycles. The number of aromatic carboxylic acids is 1. The maximum Gasteiger partial charge on any atom is 0.335 e. The molecule has 0 amide bonds. The Balaban J connectivity index is 2.37. The van der Waals surface area contributed by atoms with Crippen molar-refractivity contribution in [1.82, 2.24) is 4.72 Å². The lowest BCUT2D eigenvalue weighted by molar-refractivity contribution is 0.0696. The van der Waals surface area contributed by atoms with Crippen molar-refractivity contribution in [3.8, 4) is 5.75 Å². The van der Waals surface area contributed by atoms with E-state index in [0.29, 0.717) is 0 Å². The molecule has 0 saturated carbocycles. The van der Waals surface area contributed by atoms with Gasteiger partial charge in [0.25, 0.3) is 0 Å². The number of hydrogen-bond donors (Lipinski definition) is 2. The van der Waals surface area contributed by atoms with Crippen LogP contribution in [0.15, 0.2) is 23.1 Å². The second kappa shape index (κ2) is 6.02. The third kappa shape index (κ3) is 3.25. The minimum absolute atomic E-state index is 0.0908. The molecule has 0 radical (unpaired) electrons. The number of carbonyl (C=O) groups is 1. The van der Waals surface area contributed by atoms with Crippen molar-refractivity contribution in [3.05, 3.63) is 23.8 Å². The van der Waals surface area contributed by atoms with Crippen LogP contribution in [0.4, 0.5) is 0 Å². The molecule has 2 rings (SSSR count). The van der Waals surface area contributed by atoms with Crippen molar-refractivity contribution in [2.75, 3.05) is 18.6 Å². The normalized spacial score (nSPS) is 18.9. The highest BCUT2D eigenvalue weighted by molar-refractivity contribution is 7.99. The van der Waals surface area contributed by atoms with E-state index in [9.17, 15) is 13.2 Å². The van der Waals surface area contributed by atoms with E-state index in [1.54, 1.807) is 11.8 Å². The average molecular weight is 317 g/mol.